The van der Waals surface area contributed by atoms with Crippen LogP contribution < -0.4 is 11.1 Å². The summed E-state index contributed by atoms with van der Waals surface area (Å²) in [7, 11) is 0. The third-order valence-electron chi connectivity index (χ3n) is 4.47. The molecule has 1 aliphatic rings. The second-order valence-corrected chi connectivity index (χ2v) is 6.49. The Kier molecular flexibility index (Phi) is 5.34. The zero-order valence-electron chi connectivity index (χ0n) is 13.5. The van der Waals surface area contributed by atoms with Crippen molar-refractivity contribution < 1.29 is 22.4 Å². The lowest BCUT2D eigenvalue weighted by Gasteiger charge is -2.37. The number of halogens is 4. The fourth-order valence-corrected chi connectivity index (χ4v) is 3.14. The van der Waals surface area contributed by atoms with Crippen molar-refractivity contribution in [3.8, 4) is 0 Å². The fourth-order valence-electron chi connectivity index (χ4n) is 3.14. The molecule has 3 N–H and O–H groups in total. The summed E-state index contributed by atoms with van der Waals surface area (Å²) in [6.07, 6.45) is -1.26. The van der Waals surface area contributed by atoms with Crippen LogP contribution in [0.1, 0.15) is 38.5 Å². The van der Waals surface area contributed by atoms with E-state index in [9.17, 15) is 18.0 Å². The molecular weight excluding hydrogens is 359 g/mol. The highest BCUT2D eigenvalue weighted by Crippen LogP contribution is 2.34. The molecule has 1 fully saturated rings. The van der Waals surface area contributed by atoms with Crippen LogP contribution >= 0.6 is 12.4 Å². The number of benzene rings is 1. The first-order valence-electron chi connectivity index (χ1n) is 7.74. The lowest BCUT2D eigenvalue weighted by molar-refractivity contribution is -0.156. The van der Waals surface area contributed by atoms with Gasteiger partial charge in [0.1, 0.15) is 5.52 Å². The molecule has 9 heteroatoms. The summed E-state index contributed by atoms with van der Waals surface area (Å²) < 4.78 is 42.5. The number of hydrogen-bond donors (Lipinski definition) is 2. The van der Waals surface area contributed by atoms with Crippen molar-refractivity contribution in [1.82, 2.24) is 4.98 Å². The van der Waals surface area contributed by atoms with Gasteiger partial charge in [0.05, 0.1) is 5.92 Å². The van der Waals surface area contributed by atoms with Crippen molar-refractivity contribution in [2.45, 2.75) is 44.3 Å². The molecule has 1 heterocycles. The number of amides is 1. The van der Waals surface area contributed by atoms with Crippen molar-refractivity contribution in [1.29, 1.82) is 0 Å². The number of alkyl halides is 3. The first-order valence-corrected chi connectivity index (χ1v) is 7.74. The summed E-state index contributed by atoms with van der Waals surface area (Å²) >= 11 is 0. The highest BCUT2D eigenvalue weighted by Gasteiger charge is 2.38. The lowest BCUT2D eigenvalue weighted by atomic mass is 9.74. The molecule has 2 unspecified atom stereocenters. The van der Waals surface area contributed by atoms with Gasteiger partial charge in [0.2, 0.25) is 5.91 Å². The van der Waals surface area contributed by atoms with Crippen molar-refractivity contribution >= 4 is 35.1 Å². The number of fused-ring (bicyclic) bond motifs is 1. The van der Waals surface area contributed by atoms with Crippen LogP contribution in [0.4, 0.5) is 18.9 Å². The number of carbonyl (C=O) groups is 1. The van der Waals surface area contributed by atoms with Crippen LogP contribution in [0.5, 0.6) is 0 Å². The van der Waals surface area contributed by atoms with Gasteiger partial charge in [-0.2, -0.15) is 13.2 Å². The number of nitrogens with two attached hydrogens (primary N) is 1. The average Bonchev–Trinajstić information content (AvgIpc) is 2.90. The molecule has 5 nitrogen and oxygen atoms in total. The molecule has 0 saturated heterocycles. The Morgan fingerprint density at radius 2 is 2.12 bits per heavy atom. The largest absolute Gasteiger partial charge is 0.468 e. The molecule has 0 bridgehead atoms. The molecule has 2 aromatic rings. The van der Waals surface area contributed by atoms with Crippen molar-refractivity contribution in [2.24, 2.45) is 11.7 Å². The second kappa shape index (κ2) is 6.84. The number of anilines is 1. The Bertz CT molecular complexity index is 774. The SMILES string of the molecule is CC1(N)CCCCC1C(=O)Nc1ccc2oc(C(F)(F)F)nc2c1.Cl. The number of hydrogen-bond acceptors (Lipinski definition) is 4. The molecule has 1 aromatic carbocycles. The quantitative estimate of drug-likeness (QED) is 0.825. The van der Waals surface area contributed by atoms with E-state index in [1.807, 2.05) is 6.92 Å². The van der Waals surface area contributed by atoms with E-state index in [1.165, 1.54) is 18.2 Å². The van der Waals surface area contributed by atoms with E-state index in [0.29, 0.717) is 12.1 Å². The van der Waals surface area contributed by atoms with E-state index in [2.05, 4.69) is 14.7 Å². The Labute approximate surface area is 148 Å². The molecule has 1 saturated carbocycles. The van der Waals surface area contributed by atoms with Gasteiger partial charge in [-0.05, 0) is 38.0 Å². The summed E-state index contributed by atoms with van der Waals surface area (Å²) in [6.45, 7) is 1.85. The number of nitrogens with zero attached hydrogens (tertiary/aromatic N) is 1. The van der Waals surface area contributed by atoms with Gasteiger partial charge in [0.15, 0.2) is 5.58 Å². The normalized spacial score (nSPS) is 24.0. The molecule has 1 aliphatic carbocycles. The number of aromatic nitrogens is 1. The highest BCUT2D eigenvalue weighted by molar-refractivity contribution is 5.95. The molecule has 1 aromatic heterocycles. The summed E-state index contributed by atoms with van der Waals surface area (Å²) in [5.74, 6) is -1.86. The zero-order valence-corrected chi connectivity index (χ0v) is 14.3. The predicted octanol–water partition coefficient (Wildman–Crippen LogP) is 4.11. The number of carbonyl (C=O) groups excluding carboxylic acids is 1. The molecule has 0 radical (unpaired) electrons. The lowest BCUT2D eigenvalue weighted by Crippen LogP contribution is -2.51. The highest BCUT2D eigenvalue weighted by atomic mass is 35.5. The topological polar surface area (TPSA) is 81.2 Å². The predicted molar refractivity (Wildman–Crippen MR) is 89.4 cm³/mol. The van der Waals surface area contributed by atoms with Gasteiger partial charge in [0.25, 0.3) is 0 Å². The molecule has 1 amide bonds. The first kappa shape index (κ1) is 19.5. The molecule has 2 atom stereocenters. The van der Waals surface area contributed by atoms with Crippen LogP contribution in [0.2, 0.25) is 0 Å². The summed E-state index contributed by atoms with van der Waals surface area (Å²) in [4.78, 5) is 15.9. The summed E-state index contributed by atoms with van der Waals surface area (Å²) in [5.41, 5.74) is 6.05. The van der Waals surface area contributed by atoms with Crippen molar-refractivity contribution in [3.63, 3.8) is 0 Å². The van der Waals surface area contributed by atoms with E-state index in [0.717, 1.165) is 19.3 Å². The van der Waals surface area contributed by atoms with Crippen molar-refractivity contribution in [2.75, 3.05) is 5.32 Å². The Hall–Kier alpha value is -1.80. The minimum absolute atomic E-state index is 0. The molecular formula is C16H19ClF3N3O2. The standard InChI is InChI=1S/C16H18F3N3O2.ClH/c1-15(20)7-3-2-4-10(15)13(23)21-9-5-6-12-11(8-9)22-14(24-12)16(17,18)19;/h5-6,8,10H,2-4,7,20H2,1H3,(H,21,23);1H. The van der Waals surface area contributed by atoms with Gasteiger partial charge in [-0.15, -0.1) is 12.4 Å². The third-order valence-corrected chi connectivity index (χ3v) is 4.47. The van der Waals surface area contributed by atoms with E-state index in [1.54, 1.807) is 0 Å². The smallest absolute Gasteiger partial charge is 0.433 e. The molecule has 25 heavy (non-hydrogen) atoms. The van der Waals surface area contributed by atoms with Crippen LogP contribution in [-0.4, -0.2) is 16.4 Å². The Morgan fingerprint density at radius 1 is 1.40 bits per heavy atom. The molecule has 0 spiro atoms. The zero-order chi connectivity index (χ0) is 17.5. The Balaban J connectivity index is 0.00000225. The first-order chi connectivity index (χ1) is 11.2. The maximum Gasteiger partial charge on any atom is 0.468 e. The average molecular weight is 378 g/mol. The van der Waals surface area contributed by atoms with E-state index in [-0.39, 0.29) is 35.3 Å². The van der Waals surface area contributed by atoms with Crippen LogP contribution in [0.25, 0.3) is 11.1 Å². The van der Waals surface area contributed by atoms with Crippen LogP contribution in [0, 0.1) is 5.92 Å². The van der Waals surface area contributed by atoms with E-state index >= 15 is 0 Å². The van der Waals surface area contributed by atoms with Gasteiger partial charge in [-0.3, -0.25) is 4.79 Å². The van der Waals surface area contributed by atoms with Gasteiger partial charge in [-0.1, -0.05) is 12.8 Å². The van der Waals surface area contributed by atoms with Gasteiger partial charge in [0, 0.05) is 11.2 Å². The third kappa shape index (κ3) is 4.07. The fraction of sp³-hybridized carbons (Fsp3) is 0.500. The van der Waals surface area contributed by atoms with E-state index in [4.69, 9.17) is 5.73 Å². The van der Waals surface area contributed by atoms with Crippen molar-refractivity contribution in [3.05, 3.63) is 24.1 Å². The van der Waals surface area contributed by atoms with Gasteiger partial charge in [-0.25, -0.2) is 4.98 Å². The summed E-state index contributed by atoms with van der Waals surface area (Å²) in [5, 5.41) is 2.73. The second-order valence-electron chi connectivity index (χ2n) is 6.49. The number of rotatable bonds is 2. The maximum atomic E-state index is 12.6. The molecule has 0 aliphatic heterocycles. The molecule has 138 valence electrons. The minimum atomic E-state index is -4.65. The number of oxazole rings is 1. The van der Waals surface area contributed by atoms with Crippen LogP contribution in [-0.2, 0) is 11.0 Å². The van der Waals surface area contributed by atoms with Crippen LogP contribution in [0.3, 0.4) is 0 Å². The van der Waals surface area contributed by atoms with Gasteiger partial charge >= 0.3 is 12.1 Å². The molecule has 3 rings (SSSR count). The summed E-state index contributed by atoms with van der Waals surface area (Å²) in [6, 6.07) is 4.21. The number of nitrogens with one attached hydrogen (secondary N) is 1. The van der Waals surface area contributed by atoms with Crippen LogP contribution in [0.15, 0.2) is 22.6 Å². The maximum absolute atomic E-state index is 12.6. The van der Waals surface area contributed by atoms with Gasteiger partial charge < -0.3 is 15.5 Å². The van der Waals surface area contributed by atoms with E-state index < -0.39 is 17.6 Å². The minimum Gasteiger partial charge on any atom is -0.433 e. The Morgan fingerprint density at radius 3 is 2.76 bits per heavy atom. The monoisotopic (exact) mass is 377 g/mol.